The summed E-state index contributed by atoms with van der Waals surface area (Å²) in [6, 6.07) is 0.449. The minimum atomic E-state index is 0.449. The third-order valence-electron chi connectivity index (χ3n) is 4.21. The molecule has 2 rings (SSSR count). The second kappa shape index (κ2) is 6.34. The van der Waals surface area contributed by atoms with Gasteiger partial charge in [0.25, 0.3) is 0 Å². The summed E-state index contributed by atoms with van der Waals surface area (Å²) in [5.74, 6) is 0.564. The molecule has 1 aromatic rings. The van der Waals surface area contributed by atoms with E-state index in [-0.39, 0.29) is 0 Å². The minimum Gasteiger partial charge on any atom is -0.333 e. The number of likely N-dealkylation sites (tertiary alicyclic amines) is 1. The van der Waals surface area contributed by atoms with Crippen LogP contribution in [0.5, 0.6) is 0 Å². The van der Waals surface area contributed by atoms with Crippen molar-refractivity contribution in [3.63, 3.8) is 0 Å². The summed E-state index contributed by atoms with van der Waals surface area (Å²) in [4.78, 5) is 6.91. The van der Waals surface area contributed by atoms with E-state index in [9.17, 15) is 0 Å². The van der Waals surface area contributed by atoms with Crippen LogP contribution in [0.2, 0.25) is 0 Å². The largest absolute Gasteiger partial charge is 0.333 e. The molecule has 1 aromatic heterocycles. The molecule has 0 aliphatic carbocycles. The summed E-state index contributed by atoms with van der Waals surface area (Å²) in [6.07, 6.45) is 7.81. The molecule has 0 radical (unpaired) electrons. The Morgan fingerprint density at radius 1 is 1.33 bits per heavy atom. The lowest BCUT2D eigenvalue weighted by atomic mass is 9.92. The normalized spacial score (nSPS) is 26.2. The molecule has 0 bridgehead atoms. The van der Waals surface area contributed by atoms with E-state index in [1.165, 1.54) is 31.5 Å². The fourth-order valence-corrected chi connectivity index (χ4v) is 3.19. The number of hydrogen-bond acceptors (Lipinski definition) is 3. The third-order valence-corrected chi connectivity index (χ3v) is 4.21. The maximum Gasteiger partial charge on any atom is 0.0948 e. The van der Waals surface area contributed by atoms with Crippen molar-refractivity contribution in [1.82, 2.24) is 14.5 Å². The van der Waals surface area contributed by atoms with Crippen LogP contribution in [0.25, 0.3) is 0 Å². The van der Waals surface area contributed by atoms with Crippen LogP contribution in [0.4, 0.5) is 0 Å². The Balaban J connectivity index is 2.33. The highest BCUT2D eigenvalue weighted by atomic mass is 15.2. The van der Waals surface area contributed by atoms with Gasteiger partial charge in [-0.2, -0.15) is 0 Å². The Labute approximate surface area is 110 Å². The molecule has 0 spiro atoms. The summed E-state index contributed by atoms with van der Waals surface area (Å²) in [5.41, 5.74) is 7.37. The second-order valence-electron chi connectivity index (χ2n) is 5.17. The number of rotatable bonds is 4. The van der Waals surface area contributed by atoms with Crippen molar-refractivity contribution in [2.75, 3.05) is 19.6 Å². The Kier molecular flexibility index (Phi) is 4.78. The maximum absolute atomic E-state index is 6.02. The van der Waals surface area contributed by atoms with Crippen molar-refractivity contribution in [1.29, 1.82) is 0 Å². The molecule has 2 atom stereocenters. The first kappa shape index (κ1) is 13.6. The van der Waals surface area contributed by atoms with Crippen molar-refractivity contribution in [3.05, 3.63) is 18.2 Å². The molecule has 1 aliphatic heterocycles. The Hall–Kier alpha value is -0.870. The quantitative estimate of drug-likeness (QED) is 0.889. The van der Waals surface area contributed by atoms with Crippen molar-refractivity contribution >= 4 is 0 Å². The highest BCUT2D eigenvalue weighted by Gasteiger charge is 2.31. The summed E-state index contributed by atoms with van der Waals surface area (Å²) in [6.45, 7) is 8.47. The lowest BCUT2D eigenvalue weighted by Gasteiger charge is -2.34. The first-order valence-corrected chi connectivity index (χ1v) is 7.25. The monoisotopic (exact) mass is 250 g/mol. The molecular weight excluding hydrogens is 224 g/mol. The van der Waals surface area contributed by atoms with E-state index in [0.29, 0.717) is 12.0 Å². The van der Waals surface area contributed by atoms with Crippen LogP contribution in [0.15, 0.2) is 12.5 Å². The van der Waals surface area contributed by atoms with Gasteiger partial charge in [0.1, 0.15) is 0 Å². The zero-order chi connectivity index (χ0) is 13.0. The first-order chi connectivity index (χ1) is 8.81. The summed E-state index contributed by atoms with van der Waals surface area (Å²) >= 11 is 0. The smallest absolute Gasteiger partial charge is 0.0948 e. The van der Waals surface area contributed by atoms with E-state index >= 15 is 0 Å². The van der Waals surface area contributed by atoms with E-state index in [0.717, 1.165) is 19.6 Å². The van der Waals surface area contributed by atoms with Crippen molar-refractivity contribution < 1.29 is 0 Å². The molecule has 0 aromatic carbocycles. The van der Waals surface area contributed by atoms with Crippen molar-refractivity contribution in [2.24, 2.45) is 11.7 Å². The molecule has 18 heavy (non-hydrogen) atoms. The number of imidazole rings is 1. The molecule has 4 nitrogen and oxygen atoms in total. The molecule has 1 aliphatic rings. The predicted octanol–water partition coefficient (Wildman–Crippen LogP) is 2.02. The summed E-state index contributed by atoms with van der Waals surface area (Å²) in [7, 11) is 0. The van der Waals surface area contributed by atoms with Crippen LogP contribution < -0.4 is 5.73 Å². The number of hydrogen-bond donors (Lipinski definition) is 1. The average Bonchev–Trinajstić information content (AvgIpc) is 2.77. The van der Waals surface area contributed by atoms with Crippen LogP contribution in [-0.4, -0.2) is 34.1 Å². The van der Waals surface area contributed by atoms with Gasteiger partial charge in [0.15, 0.2) is 0 Å². The molecule has 0 amide bonds. The van der Waals surface area contributed by atoms with E-state index in [1.807, 2.05) is 12.5 Å². The molecule has 1 saturated heterocycles. The van der Waals surface area contributed by atoms with E-state index in [1.54, 1.807) is 0 Å². The van der Waals surface area contributed by atoms with Crippen molar-refractivity contribution in [3.8, 4) is 0 Å². The fraction of sp³-hybridized carbons (Fsp3) is 0.786. The zero-order valence-corrected chi connectivity index (χ0v) is 11.7. The van der Waals surface area contributed by atoms with Crippen LogP contribution in [0, 0.1) is 5.92 Å². The van der Waals surface area contributed by atoms with Gasteiger partial charge in [0.2, 0.25) is 0 Å². The topological polar surface area (TPSA) is 47.1 Å². The van der Waals surface area contributed by atoms with Gasteiger partial charge in [0, 0.05) is 12.7 Å². The minimum absolute atomic E-state index is 0.449. The van der Waals surface area contributed by atoms with Crippen LogP contribution in [0.1, 0.15) is 44.8 Å². The van der Waals surface area contributed by atoms with Crippen LogP contribution >= 0.6 is 0 Å². The fourth-order valence-electron chi connectivity index (χ4n) is 3.19. The average molecular weight is 250 g/mol. The van der Waals surface area contributed by atoms with Gasteiger partial charge in [-0.25, -0.2) is 4.98 Å². The third kappa shape index (κ3) is 2.59. The Bertz CT molecular complexity index is 346. The molecule has 2 unspecified atom stereocenters. The molecule has 2 heterocycles. The molecule has 2 N–H and O–H groups in total. The zero-order valence-electron chi connectivity index (χ0n) is 11.7. The number of aryl methyl sites for hydroxylation is 1. The van der Waals surface area contributed by atoms with Crippen molar-refractivity contribution in [2.45, 2.75) is 45.7 Å². The Morgan fingerprint density at radius 3 is 2.83 bits per heavy atom. The lowest BCUT2D eigenvalue weighted by Crippen LogP contribution is -2.36. The van der Waals surface area contributed by atoms with Gasteiger partial charge >= 0.3 is 0 Å². The standard InChI is InChI=1S/C14H26N4/c1-3-17-8-6-5-7-12(9-15)14(17)13-10-16-11-18(13)4-2/h10-12,14H,3-9,15H2,1-2H3. The molecule has 102 valence electrons. The van der Waals surface area contributed by atoms with Crippen LogP contribution in [0.3, 0.4) is 0 Å². The SMILES string of the molecule is CCN1CCCCC(CN)C1c1cncn1CC. The lowest BCUT2D eigenvalue weighted by molar-refractivity contribution is 0.159. The van der Waals surface area contributed by atoms with Gasteiger partial charge in [-0.15, -0.1) is 0 Å². The Morgan fingerprint density at radius 2 is 2.17 bits per heavy atom. The summed E-state index contributed by atoms with van der Waals surface area (Å²) < 4.78 is 2.27. The highest BCUT2D eigenvalue weighted by molar-refractivity contribution is 5.09. The number of aromatic nitrogens is 2. The number of nitrogens with zero attached hydrogens (tertiary/aromatic N) is 3. The highest BCUT2D eigenvalue weighted by Crippen LogP contribution is 2.34. The predicted molar refractivity (Wildman–Crippen MR) is 74.3 cm³/mol. The second-order valence-corrected chi connectivity index (χ2v) is 5.17. The van der Waals surface area contributed by atoms with Gasteiger partial charge in [-0.3, -0.25) is 4.90 Å². The number of nitrogens with two attached hydrogens (primary N) is 1. The van der Waals surface area contributed by atoms with Crippen LogP contribution in [-0.2, 0) is 6.54 Å². The molecule has 4 heteroatoms. The van der Waals surface area contributed by atoms with Gasteiger partial charge < -0.3 is 10.3 Å². The maximum atomic E-state index is 6.02. The molecule has 1 fully saturated rings. The van der Waals surface area contributed by atoms with E-state index < -0.39 is 0 Å². The van der Waals surface area contributed by atoms with E-state index in [2.05, 4.69) is 28.3 Å². The van der Waals surface area contributed by atoms with Gasteiger partial charge in [-0.1, -0.05) is 13.3 Å². The summed E-state index contributed by atoms with van der Waals surface area (Å²) in [5, 5.41) is 0. The molecular formula is C14H26N4. The first-order valence-electron chi connectivity index (χ1n) is 7.25. The van der Waals surface area contributed by atoms with Gasteiger partial charge in [0.05, 0.1) is 18.1 Å². The van der Waals surface area contributed by atoms with Gasteiger partial charge in [-0.05, 0) is 45.3 Å². The van der Waals surface area contributed by atoms with E-state index in [4.69, 9.17) is 5.73 Å². The molecule has 0 saturated carbocycles.